The lowest BCUT2D eigenvalue weighted by atomic mass is 10.0. The summed E-state index contributed by atoms with van der Waals surface area (Å²) in [5.41, 5.74) is 6.99. The van der Waals surface area contributed by atoms with Crippen molar-refractivity contribution in [3.05, 3.63) is 81.9 Å². The van der Waals surface area contributed by atoms with Gasteiger partial charge in [-0.25, -0.2) is 0 Å². The zero-order chi connectivity index (χ0) is 18.0. The topological polar surface area (TPSA) is 122 Å². The lowest BCUT2D eigenvalue weighted by Crippen LogP contribution is -2.12. The third-order valence-electron chi connectivity index (χ3n) is 3.75. The number of rotatable bonds is 4. The molecule has 0 heterocycles. The van der Waals surface area contributed by atoms with Crippen LogP contribution in [0.15, 0.2) is 60.7 Å². The fourth-order valence-electron chi connectivity index (χ4n) is 2.42. The quantitative estimate of drug-likeness (QED) is 0.293. The molecule has 4 N–H and O–H groups in total. The third-order valence-corrected chi connectivity index (χ3v) is 3.75. The maximum Gasteiger partial charge on any atom is 0.269 e. The van der Waals surface area contributed by atoms with Crippen molar-refractivity contribution < 1.29 is 9.72 Å². The zero-order valence-electron chi connectivity index (χ0n) is 13.0. The molecule has 0 radical (unpaired) electrons. The Kier molecular flexibility index (Phi) is 4.13. The minimum Gasteiger partial charge on any atom is -0.384 e. The maximum absolute atomic E-state index is 12.4. The molecule has 25 heavy (non-hydrogen) atoms. The second-order valence-electron chi connectivity index (χ2n) is 5.45. The highest BCUT2D eigenvalue weighted by Crippen LogP contribution is 2.20. The number of nitrogens with one attached hydrogen (secondary N) is 2. The molecule has 1 amide bonds. The number of nitrogens with zero attached hydrogens (tertiary/aromatic N) is 1. The summed E-state index contributed by atoms with van der Waals surface area (Å²) in [6.45, 7) is 0. The highest BCUT2D eigenvalue weighted by molar-refractivity contribution is 6.07. The molecule has 0 atom stereocenters. The Morgan fingerprint density at radius 2 is 1.52 bits per heavy atom. The van der Waals surface area contributed by atoms with Crippen LogP contribution in [-0.2, 0) is 0 Å². The highest BCUT2D eigenvalue weighted by Gasteiger charge is 2.09. The molecule has 0 aliphatic carbocycles. The average Bonchev–Trinajstić information content (AvgIpc) is 2.61. The van der Waals surface area contributed by atoms with Gasteiger partial charge in [0, 0.05) is 28.9 Å². The van der Waals surface area contributed by atoms with Crippen LogP contribution in [0.25, 0.3) is 10.8 Å². The number of nitro benzene ring substituents is 1. The normalized spacial score (nSPS) is 10.4. The first-order valence-electron chi connectivity index (χ1n) is 7.38. The molecular weight excluding hydrogens is 320 g/mol. The summed E-state index contributed by atoms with van der Waals surface area (Å²) in [4.78, 5) is 22.5. The number of benzene rings is 3. The van der Waals surface area contributed by atoms with Gasteiger partial charge >= 0.3 is 0 Å². The van der Waals surface area contributed by atoms with Crippen LogP contribution in [-0.4, -0.2) is 16.7 Å². The number of hydrogen-bond donors (Lipinski definition) is 3. The summed E-state index contributed by atoms with van der Waals surface area (Å²) >= 11 is 0. The molecule has 0 aliphatic heterocycles. The van der Waals surface area contributed by atoms with E-state index in [1.165, 1.54) is 24.3 Å². The molecule has 3 rings (SSSR count). The van der Waals surface area contributed by atoms with Crippen molar-refractivity contribution in [3.8, 4) is 0 Å². The summed E-state index contributed by atoms with van der Waals surface area (Å²) in [5, 5.41) is 22.5. The van der Waals surface area contributed by atoms with Crippen LogP contribution in [0.1, 0.15) is 15.9 Å². The summed E-state index contributed by atoms with van der Waals surface area (Å²) in [7, 11) is 0. The fourth-order valence-corrected chi connectivity index (χ4v) is 2.42. The zero-order valence-corrected chi connectivity index (χ0v) is 13.0. The van der Waals surface area contributed by atoms with Crippen molar-refractivity contribution >= 4 is 33.9 Å². The Labute approximate surface area is 142 Å². The largest absolute Gasteiger partial charge is 0.384 e. The summed E-state index contributed by atoms with van der Waals surface area (Å²) in [5.74, 6) is -0.326. The molecule has 0 saturated heterocycles. The summed E-state index contributed by atoms with van der Waals surface area (Å²) in [6, 6.07) is 16.1. The van der Waals surface area contributed by atoms with E-state index in [9.17, 15) is 14.9 Å². The molecule has 0 aromatic heterocycles. The second kappa shape index (κ2) is 6.40. The fraction of sp³-hybridized carbons (Fsp3) is 0. The molecule has 3 aromatic rings. The van der Waals surface area contributed by atoms with E-state index in [1.54, 1.807) is 36.4 Å². The van der Waals surface area contributed by atoms with Crippen LogP contribution in [0.4, 0.5) is 11.4 Å². The molecule has 0 fully saturated rings. The number of hydrogen-bond acceptors (Lipinski definition) is 4. The van der Waals surface area contributed by atoms with E-state index < -0.39 is 4.92 Å². The van der Waals surface area contributed by atoms with Gasteiger partial charge in [-0.1, -0.05) is 18.2 Å². The number of nitro groups is 1. The average molecular weight is 334 g/mol. The van der Waals surface area contributed by atoms with E-state index in [-0.39, 0.29) is 17.4 Å². The van der Waals surface area contributed by atoms with Gasteiger partial charge in [-0.15, -0.1) is 0 Å². The van der Waals surface area contributed by atoms with Gasteiger partial charge in [-0.05, 0) is 41.1 Å². The lowest BCUT2D eigenvalue weighted by molar-refractivity contribution is -0.384. The monoisotopic (exact) mass is 334 g/mol. The van der Waals surface area contributed by atoms with Crippen LogP contribution in [0.2, 0.25) is 0 Å². The predicted octanol–water partition coefficient (Wildman–Crippen LogP) is 3.28. The first kappa shape index (κ1) is 16.1. The van der Waals surface area contributed by atoms with Gasteiger partial charge in [-0.2, -0.15) is 0 Å². The Morgan fingerprint density at radius 1 is 0.960 bits per heavy atom. The van der Waals surface area contributed by atoms with Crippen molar-refractivity contribution in [1.29, 1.82) is 5.41 Å². The number of anilines is 1. The first-order valence-corrected chi connectivity index (χ1v) is 7.38. The molecule has 0 aliphatic rings. The van der Waals surface area contributed by atoms with Crippen LogP contribution < -0.4 is 11.1 Å². The number of nitrogen functional groups attached to an aromatic ring is 1. The summed E-state index contributed by atoms with van der Waals surface area (Å²) in [6.07, 6.45) is 0. The predicted molar refractivity (Wildman–Crippen MR) is 96.0 cm³/mol. The number of carbonyl (C=O) groups is 1. The van der Waals surface area contributed by atoms with E-state index in [0.717, 1.165) is 10.8 Å². The second-order valence-corrected chi connectivity index (χ2v) is 5.45. The van der Waals surface area contributed by atoms with Crippen LogP contribution in [0.3, 0.4) is 0 Å². The number of amidine groups is 1. The van der Waals surface area contributed by atoms with E-state index >= 15 is 0 Å². The van der Waals surface area contributed by atoms with Crippen LogP contribution in [0, 0.1) is 15.5 Å². The van der Waals surface area contributed by atoms with Crippen molar-refractivity contribution in [2.24, 2.45) is 5.73 Å². The minimum atomic E-state index is -0.496. The van der Waals surface area contributed by atoms with Gasteiger partial charge < -0.3 is 11.1 Å². The minimum absolute atomic E-state index is 0.0121. The van der Waals surface area contributed by atoms with E-state index in [0.29, 0.717) is 16.8 Å². The number of fused-ring (bicyclic) bond motifs is 1. The van der Waals surface area contributed by atoms with Crippen LogP contribution in [0.5, 0.6) is 0 Å². The van der Waals surface area contributed by atoms with Crippen molar-refractivity contribution in [1.82, 2.24) is 0 Å². The smallest absolute Gasteiger partial charge is 0.269 e. The Hall–Kier alpha value is -3.74. The number of carbonyl (C=O) groups excluding carboxylic acids is 1. The van der Waals surface area contributed by atoms with Crippen LogP contribution >= 0.6 is 0 Å². The van der Waals surface area contributed by atoms with Gasteiger partial charge in [0.1, 0.15) is 5.84 Å². The molecular formula is C18H14N4O3. The molecule has 7 nitrogen and oxygen atoms in total. The standard InChI is InChI=1S/C18H14N4O3/c19-17(20)13-3-1-12-10-14(4-2-11(12)9-13)18(23)21-15-5-7-16(8-6-15)22(24)25/h1-10H,(H3,19,20)(H,21,23). The van der Waals surface area contributed by atoms with Gasteiger partial charge in [-0.3, -0.25) is 20.3 Å². The molecule has 124 valence electrons. The van der Waals surface area contributed by atoms with E-state index in [4.69, 9.17) is 11.1 Å². The number of non-ortho nitro benzene ring substituents is 1. The number of amides is 1. The van der Waals surface area contributed by atoms with E-state index in [1.807, 2.05) is 0 Å². The van der Waals surface area contributed by atoms with Crippen molar-refractivity contribution in [2.45, 2.75) is 0 Å². The molecule has 3 aromatic carbocycles. The third kappa shape index (κ3) is 3.45. The van der Waals surface area contributed by atoms with Crippen molar-refractivity contribution in [2.75, 3.05) is 5.32 Å². The Morgan fingerprint density at radius 3 is 2.08 bits per heavy atom. The lowest BCUT2D eigenvalue weighted by Gasteiger charge is -2.07. The molecule has 0 spiro atoms. The number of nitrogens with two attached hydrogens (primary N) is 1. The van der Waals surface area contributed by atoms with E-state index in [2.05, 4.69) is 5.32 Å². The molecule has 0 saturated carbocycles. The molecule has 0 unspecified atom stereocenters. The SMILES string of the molecule is N=C(N)c1ccc2cc(C(=O)Nc3ccc([N+](=O)[O-])cc3)ccc2c1. The maximum atomic E-state index is 12.4. The molecule has 0 bridgehead atoms. The molecule has 7 heteroatoms. The highest BCUT2D eigenvalue weighted by atomic mass is 16.6. The Balaban J connectivity index is 1.83. The van der Waals surface area contributed by atoms with Crippen molar-refractivity contribution in [3.63, 3.8) is 0 Å². The Bertz CT molecular complexity index is 997. The van der Waals surface area contributed by atoms with Gasteiger partial charge in [0.15, 0.2) is 0 Å². The van der Waals surface area contributed by atoms with Gasteiger partial charge in [0.2, 0.25) is 0 Å². The first-order chi connectivity index (χ1) is 11.9. The van der Waals surface area contributed by atoms with Gasteiger partial charge in [0.25, 0.3) is 11.6 Å². The van der Waals surface area contributed by atoms with Gasteiger partial charge in [0.05, 0.1) is 4.92 Å². The summed E-state index contributed by atoms with van der Waals surface area (Å²) < 4.78 is 0.